The largest absolute Gasteiger partial charge is 0.508 e. The highest BCUT2D eigenvalue weighted by Crippen LogP contribution is 2.40. The van der Waals surface area contributed by atoms with Crippen LogP contribution < -0.4 is 5.43 Å². The zero-order valence-corrected chi connectivity index (χ0v) is 17.3. The summed E-state index contributed by atoms with van der Waals surface area (Å²) in [7, 11) is 0. The third-order valence-electron chi connectivity index (χ3n) is 5.31. The summed E-state index contributed by atoms with van der Waals surface area (Å²) < 4.78 is 6.68. The average molecular weight is 462 g/mol. The van der Waals surface area contributed by atoms with Gasteiger partial charge in [-0.25, -0.2) is 0 Å². The maximum Gasteiger partial charge on any atom is 0.291 e. The van der Waals surface area contributed by atoms with Crippen LogP contribution in [0, 0.1) is 0 Å². The predicted molar refractivity (Wildman–Crippen MR) is 116 cm³/mol. The van der Waals surface area contributed by atoms with E-state index in [1.807, 2.05) is 30.3 Å². The molecule has 0 radical (unpaired) electrons. The number of phenolic OH excluding ortho intramolecular Hbond substituents is 1. The standard InChI is InChI=1S/C24H16BrNO4/c25-16-9-10-19-18(12-16)22(28)20-21(15-7-4-8-17(27)11-15)26(24(29)23(20)30-19)13-14-5-2-1-3-6-14/h1-12,21,27H,13H2/t21-/m1/s1. The molecule has 1 N–H and O–H groups in total. The number of aromatic hydroxyl groups is 1. The molecule has 30 heavy (non-hydrogen) atoms. The number of hydrogen-bond acceptors (Lipinski definition) is 4. The van der Waals surface area contributed by atoms with Crippen LogP contribution in [-0.4, -0.2) is 15.9 Å². The van der Waals surface area contributed by atoms with Gasteiger partial charge in [0, 0.05) is 11.0 Å². The lowest BCUT2D eigenvalue weighted by Crippen LogP contribution is -2.29. The monoisotopic (exact) mass is 461 g/mol. The summed E-state index contributed by atoms with van der Waals surface area (Å²) >= 11 is 3.39. The van der Waals surface area contributed by atoms with E-state index in [0.717, 1.165) is 10.0 Å². The van der Waals surface area contributed by atoms with Crippen molar-refractivity contribution in [2.45, 2.75) is 12.6 Å². The van der Waals surface area contributed by atoms with E-state index in [-0.39, 0.29) is 22.8 Å². The summed E-state index contributed by atoms with van der Waals surface area (Å²) in [6, 6.07) is 20.7. The second-order valence-corrected chi connectivity index (χ2v) is 8.15. The van der Waals surface area contributed by atoms with Crippen molar-refractivity contribution in [3.8, 4) is 5.75 Å². The summed E-state index contributed by atoms with van der Waals surface area (Å²) in [5, 5.41) is 10.4. The lowest BCUT2D eigenvalue weighted by molar-refractivity contribution is 0.0714. The topological polar surface area (TPSA) is 70.8 Å². The molecule has 1 atom stereocenters. The number of fused-ring (bicyclic) bond motifs is 2. The normalized spacial score (nSPS) is 15.6. The lowest BCUT2D eigenvalue weighted by Gasteiger charge is -2.25. The van der Waals surface area contributed by atoms with E-state index >= 15 is 0 Å². The fourth-order valence-electron chi connectivity index (χ4n) is 3.98. The predicted octanol–water partition coefficient (Wildman–Crippen LogP) is 5.01. The first-order valence-corrected chi connectivity index (χ1v) is 10.2. The summed E-state index contributed by atoms with van der Waals surface area (Å²) in [5.41, 5.74) is 2.01. The maximum atomic E-state index is 13.5. The second kappa shape index (κ2) is 7.15. The van der Waals surface area contributed by atoms with Crippen molar-refractivity contribution in [2.75, 3.05) is 0 Å². The van der Waals surface area contributed by atoms with Crippen molar-refractivity contribution < 1.29 is 14.3 Å². The van der Waals surface area contributed by atoms with Crippen LogP contribution in [0.3, 0.4) is 0 Å². The minimum atomic E-state index is -0.653. The van der Waals surface area contributed by atoms with E-state index in [1.165, 1.54) is 0 Å². The molecule has 0 fully saturated rings. The molecule has 3 aromatic carbocycles. The SMILES string of the molecule is O=C1c2oc3ccc(Br)cc3c(=O)c2[C@@H](c2cccc(O)c2)N1Cc1ccccc1. The van der Waals surface area contributed by atoms with Gasteiger partial charge in [-0.2, -0.15) is 0 Å². The molecule has 0 aliphatic carbocycles. The molecule has 5 nitrogen and oxygen atoms in total. The number of benzene rings is 3. The van der Waals surface area contributed by atoms with Gasteiger partial charge in [-0.3, -0.25) is 9.59 Å². The van der Waals surface area contributed by atoms with Crippen LogP contribution in [0.2, 0.25) is 0 Å². The Morgan fingerprint density at radius 1 is 0.967 bits per heavy atom. The highest BCUT2D eigenvalue weighted by Gasteiger charge is 2.42. The quantitative estimate of drug-likeness (QED) is 0.465. The number of nitrogens with zero attached hydrogens (tertiary/aromatic N) is 1. The Hall–Kier alpha value is -3.38. The third kappa shape index (κ3) is 3.00. The minimum Gasteiger partial charge on any atom is -0.508 e. The molecule has 0 saturated heterocycles. The summed E-state index contributed by atoms with van der Waals surface area (Å²) in [6.45, 7) is 0.309. The van der Waals surface area contributed by atoms with Crippen LogP contribution in [-0.2, 0) is 6.54 Å². The van der Waals surface area contributed by atoms with E-state index in [0.29, 0.717) is 28.6 Å². The maximum absolute atomic E-state index is 13.5. The Balaban J connectivity index is 1.75. The van der Waals surface area contributed by atoms with Crippen molar-refractivity contribution in [3.63, 3.8) is 0 Å². The van der Waals surface area contributed by atoms with Crippen molar-refractivity contribution in [2.24, 2.45) is 0 Å². The summed E-state index contributed by atoms with van der Waals surface area (Å²) in [5.74, 6) is -0.218. The number of rotatable bonds is 3. The molecular formula is C24H16BrNO4. The van der Waals surface area contributed by atoms with Gasteiger partial charge in [0.15, 0.2) is 5.43 Å². The molecule has 4 aromatic rings. The molecule has 1 aliphatic heterocycles. The van der Waals surface area contributed by atoms with Crippen molar-refractivity contribution >= 4 is 32.8 Å². The van der Waals surface area contributed by atoms with Crippen molar-refractivity contribution in [1.29, 1.82) is 0 Å². The molecule has 6 heteroatoms. The first kappa shape index (κ1) is 18.6. The fraction of sp³-hybridized carbons (Fsp3) is 0.0833. The summed E-state index contributed by atoms with van der Waals surface area (Å²) in [6.07, 6.45) is 0. The number of carbonyl (C=O) groups excluding carboxylic acids is 1. The highest BCUT2D eigenvalue weighted by atomic mass is 79.9. The van der Waals surface area contributed by atoms with Gasteiger partial charge < -0.3 is 14.4 Å². The van der Waals surface area contributed by atoms with Gasteiger partial charge in [-0.1, -0.05) is 58.4 Å². The van der Waals surface area contributed by atoms with Crippen LogP contribution in [0.5, 0.6) is 5.75 Å². The fourth-order valence-corrected chi connectivity index (χ4v) is 4.34. The third-order valence-corrected chi connectivity index (χ3v) is 5.80. The minimum absolute atomic E-state index is 0.0547. The molecule has 0 spiro atoms. The van der Waals surface area contributed by atoms with Gasteiger partial charge in [0.05, 0.1) is 17.0 Å². The Labute approximate surface area is 180 Å². The van der Waals surface area contributed by atoms with Crippen LogP contribution in [0.1, 0.15) is 33.3 Å². The number of amides is 1. The Bertz CT molecular complexity index is 1350. The smallest absolute Gasteiger partial charge is 0.291 e. The molecule has 1 aliphatic rings. The van der Waals surface area contributed by atoms with E-state index in [9.17, 15) is 14.7 Å². The molecule has 0 bridgehead atoms. The highest BCUT2D eigenvalue weighted by molar-refractivity contribution is 9.10. The van der Waals surface area contributed by atoms with E-state index in [1.54, 1.807) is 47.4 Å². The van der Waals surface area contributed by atoms with Gasteiger partial charge in [0.1, 0.15) is 11.3 Å². The first-order chi connectivity index (χ1) is 14.5. The number of hydrogen-bond donors (Lipinski definition) is 1. The number of carbonyl (C=O) groups is 1. The van der Waals surface area contributed by atoms with Crippen LogP contribution in [0.15, 0.2) is 86.5 Å². The molecule has 1 aromatic heterocycles. The van der Waals surface area contributed by atoms with Gasteiger partial charge >= 0.3 is 0 Å². The van der Waals surface area contributed by atoms with E-state index in [2.05, 4.69) is 15.9 Å². The zero-order chi connectivity index (χ0) is 20.8. The zero-order valence-electron chi connectivity index (χ0n) is 15.7. The molecule has 0 saturated carbocycles. The van der Waals surface area contributed by atoms with Gasteiger partial charge in [0.2, 0.25) is 5.76 Å². The van der Waals surface area contributed by atoms with Gasteiger partial charge in [-0.05, 0) is 41.5 Å². The molecule has 5 rings (SSSR count). The summed E-state index contributed by atoms with van der Waals surface area (Å²) in [4.78, 5) is 28.4. The lowest BCUT2D eigenvalue weighted by atomic mass is 9.98. The Morgan fingerprint density at radius 2 is 1.77 bits per heavy atom. The number of phenols is 1. The van der Waals surface area contributed by atoms with Crippen LogP contribution in [0.25, 0.3) is 11.0 Å². The van der Waals surface area contributed by atoms with Crippen LogP contribution >= 0.6 is 15.9 Å². The molecule has 2 heterocycles. The Kier molecular flexibility index (Phi) is 4.44. The molecular weight excluding hydrogens is 446 g/mol. The van der Waals surface area contributed by atoms with E-state index in [4.69, 9.17) is 4.42 Å². The van der Waals surface area contributed by atoms with Crippen molar-refractivity contribution in [1.82, 2.24) is 4.90 Å². The van der Waals surface area contributed by atoms with Gasteiger partial charge in [0.25, 0.3) is 5.91 Å². The number of halogens is 1. The van der Waals surface area contributed by atoms with Gasteiger partial charge in [-0.15, -0.1) is 0 Å². The molecule has 1 amide bonds. The van der Waals surface area contributed by atoms with E-state index < -0.39 is 6.04 Å². The van der Waals surface area contributed by atoms with Crippen LogP contribution in [0.4, 0.5) is 0 Å². The molecule has 148 valence electrons. The molecule has 0 unspecified atom stereocenters. The Morgan fingerprint density at radius 3 is 2.53 bits per heavy atom. The first-order valence-electron chi connectivity index (χ1n) is 9.43. The second-order valence-electron chi connectivity index (χ2n) is 7.23. The van der Waals surface area contributed by atoms with Crippen molar-refractivity contribution in [3.05, 3.63) is 110 Å². The average Bonchev–Trinajstić information content (AvgIpc) is 3.02.